The Morgan fingerprint density at radius 2 is 2.05 bits per heavy atom. The molecule has 1 aromatic rings. The van der Waals surface area contributed by atoms with Crippen LogP contribution in [0.1, 0.15) is 12.8 Å². The van der Waals surface area contributed by atoms with Gasteiger partial charge in [0.15, 0.2) is 0 Å². The minimum absolute atomic E-state index is 0.193. The SMILES string of the molecule is COCC(N)C(=O)Nc1ccc(OCC2CCOCC2)cc1. The number of nitrogens with one attached hydrogen (secondary N) is 1. The third-order valence-electron chi connectivity index (χ3n) is 3.63. The summed E-state index contributed by atoms with van der Waals surface area (Å²) in [7, 11) is 1.51. The lowest BCUT2D eigenvalue weighted by molar-refractivity contribution is -0.118. The number of benzene rings is 1. The third kappa shape index (κ3) is 5.29. The predicted octanol–water partition coefficient (Wildman–Crippen LogP) is 1.40. The average molecular weight is 308 g/mol. The third-order valence-corrected chi connectivity index (χ3v) is 3.63. The molecule has 122 valence electrons. The summed E-state index contributed by atoms with van der Waals surface area (Å²) in [4.78, 5) is 11.8. The van der Waals surface area contributed by atoms with Crippen LogP contribution in [0.4, 0.5) is 5.69 Å². The lowest BCUT2D eigenvalue weighted by Crippen LogP contribution is -2.39. The van der Waals surface area contributed by atoms with E-state index in [0.29, 0.717) is 18.2 Å². The first-order valence-corrected chi connectivity index (χ1v) is 7.55. The Balaban J connectivity index is 1.78. The van der Waals surface area contributed by atoms with Crippen molar-refractivity contribution in [3.63, 3.8) is 0 Å². The Morgan fingerprint density at radius 1 is 1.36 bits per heavy atom. The molecule has 0 bridgehead atoms. The molecule has 2 rings (SSSR count). The Bertz CT molecular complexity index is 458. The van der Waals surface area contributed by atoms with Gasteiger partial charge in [0, 0.05) is 26.0 Å². The Kier molecular flexibility index (Phi) is 6.64. The van der Waals surface area contributed by atoms with Crippen LogP contribution in [0.25, 0.3) is 0 Å². The van der Waals surface area contributed by atoms with Gasteiger partial charge < -0.3 is 25.3 Å². The van der Waals surface area contributed by atoms with Crippen LogP contribution in [0.2, 0.25) is 0 Å². The average Bonchev–Trinajstić information content (AvgIpc) is 2.55. The van der Waals surface area contributed by atoms with Crippen molar-refractivity contribution in [3.8, 4) is 5.75 Å². The van der Waals surface area contributed by atoms with Crippen LogP contribution < -0.4 is 15.8 Å². The highest BCUT2D eigenvalue weighted by atomic mass is 16.5. The standard InChI is InChI=1S/C16H24N2O4/c1-20-11-15(17)16(19)18-13-2-4-14(5-3-13)22-10-12-6-8-21-9-7-12/h2-5,12,15H,6-11,17H2,1H3,(H,18,19). The number of methoxy groups -OCH3 is 1. The smallest absolute Gasteiger partial charge is 0.243 e. The normalized spacial score (nSPS) is 17.0. The Morgan fingerprint density at radius 3 is 2.68 bits per heavy atom. The quantitative estimate of drug-likeness (QED) is 0.795. The molecular formula is C16H24N2O4. The fourth-order valence-electron chi connectivity index (χ4n) is 2.25. The van der Waals surface area contributed by atoms with Gasteiger partial charge in [-0.05, 0) is 43.0 Å². The van der Waals surface area contributed by atoms with Gasteiger partial charge in [-0.15, -0.1) is 0 Å². The maximum Gasteiger partial charge on any atom is 0.243 e. The maximum absolute atomic E-state index is 11.8. The second-order valence-corrected chi connectivity index (χ2v) is 5.44. The van der Waals surface area contributed by atoms with Crippen molar-refractivity contribution < 1.29 is 19.0 Å². The van der Waals surface area contributed by atoms with Crippen LogP contribution in [0.15, 0.2) is 24.3 Å². The van der Waals surface area contributed by atoms with Crippen molar-refractivity contribution in [2.45, 2.75) is 18.9 Å². The highest BCUT2D eigenvalue weighted by Crippen LogP contribution is 2.19. The van der Waals surface area contributed by atoms with Crippen molar-refractivity contribution in [1.29, 1.82) is 0 Å². The van der Waals surface area contributed by atoms with E-state index in [2.05, 4.69) is 5.32 Å². The van der Waals surface area contributed by atoms with E-state index in [1.54, 1.807) is 12.1 Å². The fourth-order valence-corrected chi connectivity index (χ4v) is 2.25. The Labute approximate surface area is 130 Å². The molecule has 0 aromatic heterocycles. The monoisotopic (exact) mass is 308 g/mol. The van der Waals surface area contributed by atoms with Gasteiger partial charge in [0.05, 0.1) is 13.2 Å². The van der Waals surface area contributed by atoms with Gasteiger partial charge in [0.2, 0.25) is 5.91 Å². The van der Waals surface area contributed by atoms with Crippen molar-refractivity contribution in [1.82, 2.24) is 0 Å². The molecule has 0 spiro atoms. The largest absolute Gasteiger partial charge is 0.493 e. The molecule has 1 aliphatic rings. The molecule has 1 aromatic carbocycles. The molecule has 1 amide bonds. The maximum atomic E-state index is 11.8. The van der Waals surface area contributed by atoms with E-state index in [1.165, 1.54) is 7.11 Å². The zero-order valence-corrected chi connectivity index (χ0v) is 12.9. The zero-order chi connectivity index (χ0) is 15.8. The molecule has 6 heteroatoms. The molecule has 3 N–H and O–H groups in total. The van der Waals surface area contributed by atoms with E-state index in [0.717, 1.165) is 31.8 Å². The molecular weight excluding hydrogens is 284 g/mol. The molecule has 6 nitrogen and oxygen atoms in total. The van der Waals surface area contributed by atoms with E-state index < -0.39 is 6.04 Å². The Hall–Kier alpha value is -1.63. The minimum atomic E-state index is -0.672. The number of anilines is 1. The molecule has 0 saturated carbocycles. The molecule has 0 aliphatic carbocycles. The van der Waals surface area contributed by atoms with Gasteiger partial charge in [-0.1, -0.05) is 0 Å². The molecule has 1 unspecified atom stereocenters. The van der Waals surface area contributed by atoms with Gasteiger partial charge >= 0.3 is 0 Å². The number of carbonyl (C=O) groups is 1. The van der Waals surface area contributed by atoms with E-state index in [4.69, 9.17) is 19.9 Å². The van der Waals surface area contributed by atoms with Gasteiger partial charge in [-0.2, -0.15) is 0 Å². The first-order chi connectivity index (χ1) is 10.7. The number of nitrogens with two attached hydrogens (primary N) is 1. The topological polar surface area (TPSA) is 82.8 Å². The van der Waals surface area contributed by atoms with E-state index in [9.17, 15) is 4.79 Å². The molecule has 1 saturated heterocycles. The summed E-state index contributed by atoms with van der Waals surface area (Å²) in [5, 5.41) is 2.74. The van der Waals surface area contributed by atoms with Gasteiger partial charge in [-0.25, -0.2) is 0 Å². The summed E-state index contributed by atoms with van der Waals surface area (Å²) in [6.45, 7) is 2.54. The van der Waals surface area contributed by atoms with Crippen molar-refractivity contribution in [2.24, 2.45) is 11.7 Å². The zero-order valence-electron chi connectivity index (χ0n) is 12.9. The molecule has 1 atom stereocenters. The van der Waals surface area contributed by atoms with Gasteiger partial charge in [-0.3, -0.25) is 4.79 Å². The van der Waals surface area contributed by atoms with Gasteiger partial charge in [0.1, 0.15) is 11.8 Å². The summed E-state index contributed by atoms with van der Waals surface area (Å²) in [5.41, 5.74) is 6.35. The predicted molar refractivity (Wildman–Crippen MR) is 84.0 cm³/mol. The summed E-state index contributed by atoms with van der Waals surface area (Å²) in [6.07, 6.45) is 2.09. The minimum Gasteiger partial charge on any atom is -0.493 e. The van der Waals surface area contributed by atoms with Crippen LogP contribution in [-0.2, 0) is 14.3 Å². The highest BCUT2D eigenvalue weighted by Gasteiger charge is 2.15. The van der Waals surface area contributed by atoms with Crippen LogP contribution in [0.3, 0.4) is 0 Å². The van der Waals surface area contributed by atoms with E-state index in [1.807, 2.05) is 12.1 Å². The number of hydrogen-bond acceptors (Lipinski definition) is 5. The lowest BCUT2D eigenvalue weighted by Gasteiger charge is -2.22. The number of rotatable bonds is 7. The number of carbonyl (C=O) groups excluding carboxylic acids is 1. The summed E-state index contributed by atoms with van der Waals surface area (Å²) < 4.78 is 16.0. The van der Waals surface area contributed by atoms with Crippen molar-refractivity contribution in [3.05, 3.63) is 24.3 Å². The fraction of sp³-hybridized carbons (Fsp3) is 0.562. The first kappa shape index (κ1) is 16.7. The highest BCUT2D eigenvalue weighted by molar-refractivity contribution is 5.94. The molecule has 0 radical (unpaired) electrons. The summed E-state index contributed by atoms with van der Waals surface area (Å²) >= 11 is 0. The number of amides is 1. The molecule has 1 heterocycles. The van der Waals surface area contributed by atoms with Crippen LogP contribution in [-0.4, -0.2) is 45.5 Å². The lowest BCUT2D eigenvalue weighted by atomic mass is 10.0. The first-order valence-electron chi connectivity index (χ1n) is 7.55. The van der Waals surface area contributed by atoms with Crippen LogP contribution in [0, 0.1) is 5.92 Å². The second-order valence-electron chi connectivity index (χ2n) is 5.44. The van der Waals surface area contributed by atoms with Crippen molar-refractivity contribution >= 4 is 11.6 Å². The van der Waals surface area contributed by atoms with Crippen LogP contribution in [0.5, 0.6) is 5.75 Å². The summed E-state index contributed by atoms with van der Waals surface area (Å²) in [6, 6.07) is 6.62. The summed E-state index contributed by atoms with van der Waals surface area (Å²) in [5.74, 6) is 1.09. The molecule has 1 aliphatic heterocycles. The van der Waals surface area contributed by atoms with E-state index >= 15 is 0 Å². The van der Waals surface area contributed by atoms with Crippen molar-refractivity contribution in [2.75, 3.05) is 38.9 Å². The van der Waals surface area contributed by atoms with E-state index in [-0.39, 0.29) is 12.5 Å². The molecule has 1 fully saturated rings. The second kappa shape index (κ2) is 8.73. The number of hydrogen-bond donors (Lipinski definition) is 2. The van der Waals surface area contributed by atoms with Crippen LogP contribution >= 0.6 is 0 Å². The number of ether oxygens (including phenoxy) is 3. The van der Waals surface area contributed by atoms with Gasteiger partial charge in [0.25, 0.3) is 0 Å². The molecule has 22 heavy (non-hydrogen) atoms.